The maximum absolute atomic E-state index is 14.6. The predicted molar refractivity (Wildman–Crippen MR) is 108 cm³/mol. The molecule has 0 atom stereocenters. The van der Waals surface area contributed by atoms with Crippen molar-refractivity contribution < 1.29 is 22.4 Å². The number of benzene rings is 1. The summed E-state index contributed by atoms with van der Waals surface area (Å²) in [5.41, 5.74) is 6.56. The molecule has 0 unspecified atom stereocenters. The number of rotatable bonds is 4. The standard InChI is InChI=1S/C21H16ClF4N5O/c22-11-1-2-13(16(23)5-11)15-7-17(20(27)32)30-18-9-31(4-3-14(15)18)8-12-6-19(21(24,25)26)29-10-28-12/h1-2,5-7,10H,3-4,8-9H2,(H2,27,32). The number of amides is 1. The third kappa shape index (κ3) is 4.56. The quantitative estimate of drug-likeness (QED) is 0.588. The van der Waals surface area contributed by atoms with Crippen molar-refractivity contribution in [2.24, 2.45) is 5.73 Å². The average molecular weight is 466 g/mol. The van der Waals surface area contributed by atoms with Crippen molar-refractivity contribution in [1.82, 2.24) is 19.9 Å². The number of hydrogen-bond donors (Lipinski definition) is 1. The Hall–Kier alpha value is -3.11. The Bertz CT molecular complexity index is 1200. The fourth-order valence-electron chi connectivity index (χ4n) is 3.67. The molecule has 0 aliphatic carbocycles. The molecule has 32 heavy (non-hydrogen) atoms. The van der Waals surface area contributed by atoms with E-state index in [-0.39, 0.29) is 35.1 Å². The first-order chi connectivity index (χ1) is 15.1. The van der Waals surface area contributed by atoms with E-state index in [4.69, 9.17) is 17.3 Å². The molecule has 11 heteroatoms. The van der Waals surface area contributed by atoms with Crippen molar-refractivity contribution in [2.75, 3.05) is 6.54 Å². The van der Waals surface area contributed by atoms with E-state index < -0.39 is 23.6 Å². The number of alkyl halides is 3. The lowest BCUT2D eigenvalue weighted by molar-refractivity contribution is -0.141. The molecule has 1 aromatic carbocycles. The molecule has 4 rings (SSSR count). The summed E-state index contributed by atoms with van der Waals surface area (Å²) in [4.78, 5) is 25.2. The summed E-state index contributed by atoms with van der Waals surface area (Å²) >= 11 is 5.85. The Morgan fingerprint density at radius 3 is 2.62 bits per heavy atom. The summed E-state index contributed by atoms with van der Waals surface area (Å²) < 4.78 is 53.4. The number of carbonyl (C=O) groups excluding carboxylic acids is 1. The summed E-state index contributed by atoms with van der Waals surface area (Å²) in [6.45, 7) is 0.820. The van der Waals surface area contributed by atoms with Crippen LogP contribution >= 0.6 is 11.6 Å². The first-order valence-corrected chi connectivity index (χ1v) is 9.88. The van der Waals surface area contributed by atoms with E-state index >= 15 is 0 Å². The number of halogens is 5. The highest BCUT2D eigenvalue weighted by atomic mass is 35.5. The number of primary amides is 1. The molecular weight excluding hydrogens is 450 g/mol. The topological polar surface area (TPSA) is 85.0 Å². The van der Waals surface area contributed by atoms with Crippen LogP contribution in [0.3, 0.4) is 0 Å². The molecule has 0 bridgehead atoms. The van der Waals surface area contributed by atoms with E-state index in [1.54, 1.807) is 6.07 Å². The monoisotopic (exact) mass is 465 g/mol. The zero-order chi connectivity index (χ0) is 23.0. The number of aromatic nitrogens is 3. The van der Waals surface area contributed by atoms with Gasteiger partial charge in [0.2, 0.25) is 0 Å². The fraction of sp³-hybridized carbons (Fsp3) is 0.238. The highest BCUT2D eigenvalue weighted by Crippen LogP contribution is 2.33. The third-order valence-corrected chi connectivity index (χ3v) is 5.37. The SMILES string of the molecule is NC(=O)c1cc(-c2ccc(Cl)cc2F)c2c(n1)CN(Cc1cc(C(F)(F)F)ncn1)CC2. The molecule has 6 nitrogen and oxygen atoms in total. The zero-order valence-electron chi connectivity index (χ0n) is 16.5. The molecule has 0 saturated carbocycles. The van der Waals surface area contributed by atoms with Crippen LogP contribution in [0.1, 0.15) is 33.1 Å². The van der Waals surface area contributed by atoms with Gasteiger partial charge in [-0.15, -0.1) is 0 Å². The minimum Gasteiger partial charge on any atom is -0.364 e. The van der Waals surface area contributed by atoms with Gasteiger partial charge in [0.15, 0.2) is 0 Å². The molecule has 0 saturated heterocycles. The van der Waals surface area contributed by atoms with Gasteiger partial charge in [0.1, 0.15) is 23.5 Å². The van der Waals surface area contributed by atoms with Gasteiger partial charge in [-0.3, -0.25) is 9.69 Å². The van der Waals surface area contributed by atoms with Gasteiger partial charge in [0.25, 0.3) is 5.91 Å². The first-order valence-electron chi connectivity index (χ1n) is 9.50. The van der Waals surface area contributed by atoms with E-state index in [1.807, 2.05) is 4.90 Å². The van der Waals surface area contributed by atoms with E-state index in [9.17, 15) is 22.4 Å². The maximum atomic E-state index is 14.6. The van der Waals surface area contributed by atoms with Crippen molar-refractivity contribution >= 4 is 17.5 Å². The van der Waals surface area contributed by atoms with Crippen molar-refractivity contribution in [3.05, 3.63) is 75.8 Å². The molecule has 3 heterocycles. The minimum absolute atomic E-state index is 0.0312. The van der Waals surface area contributed by atoms with Gasteiger partial charge in [-0.05, 0) is 47.9 Å². The molecule has 2 aromatic heterocycles. The largest absolute Gasteiger partial charge is 0.433 e. The van der Waals surface area contributed by atoms with Crippen LogP contribution in [-0.2, 0) is 25.7 Å². The Kier molecular flexibility index (Phi) is 5.83. The number of hydrogen-bond acceptors (Lipinski definition) is 5. The predicted octanol–water partition coefficient (Wildman–Crippen LogP) is 4.01. The van der Waals surface area contributed by atoms with E-state index in [0.717, 1.165) is 18.0 Å². The van der Waals surface area contributed by atoms with Gasteiger partial charge in [-0.2, -0.15) is 13.2 Å². The highest BCUT2D eigenvalue weighted by Gasteiger charge is 2.33. The average Bonchev–Trinajstić information content (AvgIpc) is 2.72. The molecular formula is C21H16ClF4N5O. The second-order valence-electron chi connectivity index (χ2n) is 7.32. The lowest BCUT2D eigenvalue weighted by atomic mass is 9.92. The van der Waals surface area contributed by atoms with Gasteiger partial charge in [-0.25, -0.2) is 19.3 Å². The summed E-state index contributed by atoms with van der Waals surface area (Å²) in [6.07, 6.45) is -3.25. The first kappa shape index (κ1) is 22.1. The Labute approximate surface area is 185 Å². The smallest absolute Gasteiger partial charge is 0.364 e. The van der Waals surface area contributed by atoms with Crippen LogP contribution in [-0.4, -0.2) is 32.3 Å². The molecule has 166 valence electrons. The number of pyridine rings is 1. The van der Waals surface area contributed by atoms with Gasteiger partial charge >= 0.3 is 6.18 Å². The van der Waals surface area contributed by atoms with Crippen molar-refractivity contribution in [3.63, 3.8) is 0 Å². The van der Waals surface area contributed by atoms with Crippen LogP contribution in [0.25, 0.3) is 11.1 Å². The normalized spacial score (nSPS) is 14.3. The molecule has 2 N–H and O–H groups in total. The van der Waals surface area contributed by atoms with Crippen LogP contribution in [0.2, 0.25) is 5.02 Å². The van der Waals surface area contributed by atoms with Crippen molar-refractivity contribution in [1.29, 1.82) is 0 Å². The van der Waals surface area contributed by atoms with Crippen LogP contribution < -0.4 is 5.73 Å². The summed E-state index contributed by atoms with van der Waals surface area (Å²) in [5.74, 6) is -1.32. The molecule has 1 aliphatic heterocycles. The molecule has 0 spiro atoms. The van der Waals surface area contributed by atoms with Crippen molar-refractivity contribution in [2.45, 2.75) is 25.7 Å². The second-order valence-corrected chi connectivity index (χ2v) is 7.76. The zero-order valence-corrected chi connectivity index (χ0v) is 17.2. The third-order valence-electron chi connectivity index (χ3n) is 5.13. The fourth-order valence-corrected chi connectivity index (χ4v) is 3.83. The van der Waals surface area contributed by atoms with Crippen LogP contribution in [0.15, 0.2) is 36.7 Å². The van der Waals surface area contributed by atoms with Gasteiger partial charge in [-0.1, -0.05) is 11.6 Å². The Balaban J connectivity index is 1.67. The van der Waals surface area contributed by atoms with Crippen LogP contribution in [0.4, 0.5) is 17.6 Å². The maximum Gasteiger partial charge on any atom is 0.433 e. The van der Waals surface area contributed by atoms with Crippen molar-refractivity contribution in [3.8, 4) is 11.1 Å². The van der Waals surface area contributed by atoms with E-state index in [2.05, 4.69) is 15.0 Å². The summed E-state index contributed by atoms with van der Waals surface area (Å²) in [5, 5.41) is 0.235. The van der Waals surface area contributed by atoms with E-state index in [0.29, 0.717) is 24.2 Å². The van der Waals surface area contributed by atoms with Gasteiger partial charge in [0, 0.05) is 30.2 Å². The number of carbonyl (C=O) groups is 1. The lowest BCUT2D eigenvalue weighted by Crippen LogP contribution is -2.32. The Morgan fingerprint density at radius 2 is 1.94 bits per heavy atom. The summed E-state index contributed by atoms with van der Waals surface area (Å²) in [7, 11) is 0. The number of nitrogens with zero attached hydrogens (tertiary/aromatic N) is 4. The number of nitrogens with two attached hydrogens (primary N) is 1. The number of fused-ring (bicyclic) bond motifs is 1. The van der Waals surface area contributed by atoms with Gasteiger partial charge < -0.3 is 5.73 Å². The lowest BCUT2D eigenvalue weighted by Gasteiger charge is -2.29. The van der Waals surface area contributed by atoms with E-state index in [1.165, 1.54) is 18.2 Å². The molecule has 1 amide bonds. The highest BCUT2D eigenvalue weighted by molar-refractivity contribution is 6.30. The molecule has 0 radical (unpaired) electrons. The molecule has 3 aromatic rings. The van der Waals surface area contributed by atoms with Gasteiger partial charge in [0.05, 0.1) is 11.4 Å². The second kappa shape index (κ2) is 8.44. The Morgan fingerprint density at radius 1 is 1.16 bits per heavy atom. The van der Waals surface area contributed by atoms with Crippen LogP contribution in [0.5, 0.6) is 0 Å². The molecule has 1 aliphatic rings. The van der Waals surface area contributed by atoms with Crippen LogP contribution in [0, 0.1) is 5.82 Å². The molecule has 0 fully saturated rings. The summed E-state index contributed by atoms with van der Waals surface area (Å²) in [6, 6.07) is 6.58. The minimum atomic E-state index is -4.57.